The SMILES string of the molecule is CCCOc1ccccc1[S+]1c2ccccc2Sc2ccccc21. The van der Waals surface area contributed by atoms with Crippen LogP contribution in [0, 0.1) is 0 Å². The van der Waals surface area contributed by atoms with Crippen LogP contribution < -0.4 is 4.74 Å². The molecule has 0 N–H and O–H groups in total. The van der Waals surface area contributed by atoms with Crippen LogP contribution in [0.3, 0.4) is 0 Å². The Labute approximate surface area is 150 Å². The van der Waals surface area contributed by atoms with E-state index in [1.54, 1.807) is 0 Å². The lowest BCUT2D eigenvalue weighted by atomic mass is 10.3. The second kappa shape index (κ2) is 6.96. The Kier molecular flexibility index (Phi) is 4.54. The molecular formula is C21H19OS2+. The average Bonchev–Trinajstić information content (AvgIpc) is 2.65. The third kappa shape index (κ3) is 2.83. The summed E-state index contributed by atoms with van der Waals surface area (Å²) in [7, 11) is -0.119. The van der Waals surface area contributed by atoms with Gasteiger partial charge in [0, 0.05) is 0 Å². The summed E-state index contributed by atoms with van der Waals surface area (Å²) in [6.07, 6.45) is 1.02. The summed E-state index contributed by atoms with van der Waals surface area (Å²) in [5.41, 5.74) is 0. The molecule has 24 heavy (non-hydrogen) atoms. The van der Waals surface area contributed by atoms with Crippen LogP contribution in [0.1, 0.15) is 13.3 Å². The molecule has 3 aromatic rings. The number of rotatable bonds is 4. The number of benzene rings is 3. The van der Waals surface area contributed by atoms with Crippen LogP contribution in [0.4, 0.5) is 0 Å². The van der Waals surface area contributed by atoms with Crippen molar-refractivity contribution in [2.75, 3.05) is 6.61 Å². The predicted molar refractivity (Wildman–Crippen MR) is 101 cm³/mol. The first-order chi connectivity index (χ1) is 11.9. The van der Waals surface area contributed by atoms with Gasteiger partial charge in [0.05, 0.1) is 16.4 Å². The van der Waals surface area contributed by atoms with Crippen LogP contribution in [-0.4, -0.2) is 6.61 Å². The minimum Gasteiger partial charge on any atom is -0.488 e. The standard InChI is InChI=1S/C21H19OS2/c1-2-15-22-16-9-3-6-12-19(16)24-20-13-7-4-10-17(20)23-18-11-5-8-14-21(18)24/h3-14H,2,15H2,1H3/q+1. The number of ether oxygens (including phenoxy) is 1. The van der Waals surface area contributed by atoms with Gasteiger partial charge in [-0.15, -0.1) is 0 Å². The van der Waals surface area contributed by atoms with Crippen molar-refractivity contribution in [3.05, 3.63) is 72.8 Å². The Balaban J connectivity index is 1.89. The van der Waals surface area contributed by atoms with Gasteiger partial charge in [-0.1, -0.05) is 55.1 Å². The molecule has 0 amide bonds. The molecule has 120 valence electrons. The molecule has 1 aliphatic heterocycles. The molecule has 0 fully saturated rings. The van der Waals surface area contributed by atoms with E-state index in [2.05, 4.69) is 79.7 Å². The van der Waals surface area contributed by atoms with Gasteiger partial charge in [-0.2, -0.15) is 0 Å². The molecule has 3 heteroatoms. The van der Waals surface area contributed by atoms with E-state index in [1.807, 2.05) is 11.8 Å². The van der Waals surface area contributed by atoms with Crippen molar-refractivity contribution in [1.29, 1.82) is 0 Å². The van der Waals surface area contributed by atoms with E-state index >= 15 is 0 Å². The van der Waals surface area contributed by atoms with Gasteiger partial charge in [-0.25, -0.2) is 0 Å². The third-order valence-corrected chi connectivity index (χ3v) is 7.67. The Morgan fingerprint density at radius 3 is 1.92 bits per heavy atom. The van der Waals surface area contributed by atoms with Crippen LogP contribution in [0.15, 0.2) is 97.3 Å². The monoisotopic (exact) mass is 351 g/mol. The maximum absolute atomic E-state index is 6.07. The average molecular weight is 352 g/mol. The molecule has 0 atom stereocenters. The highest BCUT2D eigenvalue weighted by atomic mass is 32.2. The summed E-state index contributed by atoms with van der Waals surface area (Å²) in [5.74, 6) is 1.01. The van der Waals surface area contributed by atoms with E-state index in [-0.39, 0.29) is 10.9 Å². The van der Waals surface area contributed by atoms with Crippen molar-refractivity contribution >= 4 is 22.7 Å². The molecule has 4 rings (SSSR count). The third-order valence-electron chi connectivity index (χ3n) is 3.89. The number of hydrogen-bond acceptors (Lipinski definition) is 2. The molecule has 0 unspecified atom stereocenters. The zero-order valence-electron chi connectivity index (χ0n) is 13.6. The molecule has 0 radical (unpaired) electrons. The fourth-order valence-corrected chi connectivity index (χ4v) is 6.67. The molecule has 0 bridgehead atoms. The van der Waals surface area contributed by atoms with Crippen molar-refractivity contribution in [2.24, 2.45) is 0 Å². The summed E-state index contributed by atoms with van der Waals surface area (Å²) in [5, 5.41) is 0. The first kappa shape index (κ1) is 15.7. The summed E-state index contributed by atoms with van der Waals surface area (Å²) >= 11 is 1.87. The summed E-state index contributed by atoms with van der Waals surface area (Å²) < 4.78 is 6.07. The van der Waals surface area contributed by atoms with Crippen LogP contribution >= 0.6 is 11.8 Å². The van der Waals surface area contributed by atoms with Gasteiger partial charge in [0.1, 0.15) is 10.9 Å². The fraction of sp³-hybridized carbons (Fsp3) is 0.143. The topological polar surface area (TPSA) is 9.23 Å². The van der Waals surface area contributed by atoms with Crippen LogP contribution in [0.25, 0.3) is 0 Å². The van der Waals surface area contributed by atoms with Crippen molar-refractivity contribution in [3.8, 4) is 5.75 Å². The number of fused-ring (bicyclic) bond motifs is 2. The second-order valence-corrected chi connectivity index (χ2v) is 8.61. The minimum absolute atomic E-state index is 0.119. The van der Waals surface area contributed by atoms with E-state index in [9.17, 15) is 0 Å². The van der Waals surface area contributed by atoms with E-state index < -0.39 is 0 Å². The highest BCUT2D eigenvalue weighted by Crippen LogP contribution is 2.49. The Hall–Kier alpha value is -1.84. The maximum atomic E-state index is 6.07. The lowest BCUT2D eigenvalue weighted by Gasteiger charge is -2.20. The molecule has 1 aliphatic rings. The van der Waals surface area contributed by atoms with Gasteiger partial charge >= 0.3 is 0 Å². The molecular weight excluding hydrogens is 332 g/mol. The molecule has 0 saturated carbocycles. The quantitative estimate of drug-likeness (QED) is 0.415. The summed E-state index contributed by atoms with van der Waals surface area (Å²) in [6, 6.07) is 26.0. The van der Waals surface area contributed by atoms with Crippen molar-refractivity contribution in [3.63, 3.8) is 0 Å². The van der Waals surface area contributed by atoms with Gasteiger partial charge in [0.15, 0.2) is 15.5 Å². The van der Waals surface area contributed by atoms with Crippen molar-refractivity contribution < 1.29 is 4.74 Å². The van der Waals surface area contributed by atoms with Crippen LogP contribution in [-0.2, 0) is 10.9 Å². The van der Waals surface area contributed by atoms with Crippen LogP contribution in [0.5, 0.6) is 5.75 Å². The highest BCUT2D eigenvalue weighted by molar-refractivity contribution is 8.04. The van der Waals surface area contributed by atoms with Gasteiger partial charge in [0.25, 0.3) is 0 Å². The van der Waals surface area contributed by atoms with E-state index in [4.69, 9.17) is 4.74 Å². The van der Waals surface area contributed by atoms with E-state index in [0.29, 0.717) is 0 Å². The zero-order valence-corrected chi connectivity index (χ0v) is 15.2. The maximum Gasteiger partial charge on any atom is 0.208 e. The predicted octanol–water partition coefficient (Wildman–Crippen LogP) is 6.04. The van der Waals surface area contributed by atoms with Gasteiger partial charge in [-0.05, 0) is 42.8 Å². The Morgan fingerprint density at radius 1 is 0.750 bits per heavy atom. The molecule has 1 nitrogen and oxygen atoms in total. The zero-order chi connectivity index (χ0) is 16.4. The molecule has 0 aliphatic carbocycles. The summed E-state index contributed by atoms with van der Waals surface area (Å²) in [6.45, 7) is 2.90. The second-order valence-electron chi connectivity index (χ2n) is 5.60. The fourth-order valence-electron chi connectivity index (χ4n) is 2.83. The Bertz CT molecular complexity index is 814. The van der Waals surface area contributed by atoms with Crippen molar-refractivity contribution in [1.82, 2.24) is 0 Å². The molecule has 0 aromatic heterocycles. The molecule has 3 aromatic carbocycles. The van der Waals surface area contributed by atoms with E-state index in [0.717, 1.165) is 18.8 Å². The lowest BCUT2D eigenvalue weighted by Crippen LogP contribution is -2.12. The van der Waals surface area contributed by atoms with Gasteiger partial charge in [-0.3, -0.25) is 0 Å². The lowest BCUT2D eigenvalue weighted by molar-refractivity contribution is 0.310. The minimum atomic E-state index is -0.119. The van der Waals surface area contributed by atoms with Crippen LogP contribution in [0.2, 0.25) is 0 Å². The largest absolute Gasteiger partial charge is 0.488 e. The normalized spacial score (nSPS) is 13.2. The summed E-state index contributed by atoms with van der Waals surface area (Å²) in [4.78, 5) is 6.78. The molecule has 0 saturated heterocycles. The molecule has 1 heterocycles. The Morgan fingerprint density at radius 2 is 1.29 bits per heavy atom. The first-order valence-corrected chi connectivity index (χ1v) is 10.2. The highest BCUT2D eigenvalue weighted by Gasteiger charge is 2.39. The molecule has 0 spiro atoms. The van der Waals surface area contributed by atoms with E-state index in [1.165, 1.54) is 24.5 Å². The van der Waals surface area contributed by atoms with Gasteiger partial charge in [0.2, 0.25) is 4.90 Å². The number of para-hydroxylation sites is 1. The number of hydrogen-bond donors (Lipinski definition) is 0. The first-order valence-electron chi connectivity index (χ1n) is 8.20. The van der Waals surface area contributed by atoms with Crippen molar-refractivity contribution in [2.45, 2.75) is 37.8 Å². The smallest absolute Gasteiger partial charge is 0.208 e. The van der Waals surface area contributed by atoms with Gasteiger partial charge < -0.3 is 4.74 Å².